The van der Waals surface area contributed by atoms with Gasteiger partial charge in [-0.1, -0.05) is 0 Å². The lowest BCUT2D eigenvalue weighted by Gasteiger charge is -2.23. The van der Waals surface area contributed by atoms with Gasteiger partial charge in [-0.05, 0) is 52.0 Å². The van der Waals surface area contributed by atoms with Gasteiger partial charge in [-0.3, -0.25) is 4.79 Å². The Balaban J connectivity index is 2.72. The number of amides is 1. The van der Waals surface area contributed by atoms with Crippen LogP contribution < -0.4 is 15.4 Å². The monoisotopic (exact) mass is 264 g/mol. The van der Waals surface area contributed by atoms with Crippen molar-refractivity contribution < 1.29 is 9.53 Å². The fourth-order valence-electron chi connectivity index (χ4n) is 1.67. The molecule has 1 aromatic rings. The van der Waals surface area contributed by atoms with Gasteiger partial charge in [0.2, 0.25) is 5.91 Å². The Morgan fingerprint density at radius 3 is 2.26 bits per heavy atom. The van der Waals surface area contributed by atoms with Crippen molar-refractivity contribution in [1.29, 1.82) is 0 Å². The Morgan fingerprint density at radius 2 is 1.84 bits per heavy atom. The summed E-state index contributed by atoms with van der Waals surface area (Å²) >= 11 is 0. The fourth-order valence-corrected chi connectivity index (χ4v) is 1.67. The van der Waals surface area contributed by atoms with Crippen molar-refractivity contribution in [3.63, 3.8) is 0 Å². The van der Waals surface area contributed by atoms with E-state index in [2.05, 4.69) is 0 Å². The molecule has 4 heteroatoms. The van der Waals surface area contributed by atoms with Gasteiger partial charge in [-0.25, -0.2) is 0 Å². The Kier molecular flexibility index (Phi) is 4.95. The van der Waals surface area contributed by atoms with Crippen molar-refractivity contribution in [3.05, 3.63) is 24.3 Å². The van der Waals surface area contributed by atoms with Crippen LogP contribution in [-0.4, -0.2) is 24.6 Å². The van der Waals surface area contributed by atoms with Crippen LogP contribution in [0.4, 0.5) is 5.69 Å². The molecule has 2 N–H and O–H groups in total. The van der Waals surface area contributed by atoms with Crippen LogP contribution in [0, 0.1) is 0 Å². The molecule has 106 valence electrons. The van der Waals surface area contributed by atoms with Crippen LogP contribution in [0.3, 0.4) is 0 Å². The third kappa shape index (κ3) is 5.30. The van der Waals surface area contributed by atoms with Crippen molar-refractivity contribution in [2.45, 2.75) is 45.8 Å². The van der Waals surface area contributed by atoms with Gasteiger partial charge >= 0.3 is 0 Å². The van der Waals surface area contributed by atoms with E-state index in [9.17, 15) is 4.79 Å². The van der Waals surface area contributed by atoms with Crippen LogP contribution in [0.15, 0.2) is 24.3 Å². The fraction of sp³-hybridized carbons (Fsp3) is 0.533. The molecule has 4 nitrogen and oxygen atoms in total. The standard InChI is InChI=1S/C15H24N2O2/c1-11(2)19-13-8-6-12(7-9-13)17(5)14(18)10-15(3,4)16/h6-9,11H,10,16H2,1-5H3. The number of carbonyl (C=O) groups excluding carboxylic acids is 1. The van der Waals surface area contributed by atoms with Gasteiger partial charge in [0.1, 0.15) is 5.75 Å². The summed E-state index contributed by atoms with van der Waals surface area (Å²) in [6, 6.07) is 7.48. The molecular weight excluding hydrogens is 240 g/mol. The van der Waals surface area contributed by atoms with Crippen molar-refractivity contribution in [3.8, 4) is 5.75 Å². The molecular formula is C15H24N2O2. The van der Waals surface area contributed by atoms with Gasteiger partial charge in [0.15, 0.2) is 0 Å². The van der Waals surface area contributed by atoms with Gasteiger partial charge in [0.05, 0.1) is 6.10 Å². The second-order valence-electron chi connectivity index (χ2n) is 5.78. The minimum atomic E-state index is -0.494. The van der Waals surface area contributed by atoms with E-state index < -0.39 is 5.54 Å². The van der Waals surface area contributed by atoms with Crippen LogP contribution in [-0.2, 0) is 4.79 Å². The van der Waals surface area contributed by atoms with Crippen molar-refractivity contribution >= 4 is 11.6 Å². The SMILES string of the molecule is CC(C)Oc1ccc(N(C)C(=O)CC(C)(C)N)cc1. The molecule has 0 radical (unpaired) electrons. The highest BCUT2D eigenvalue weighted by Gasteiger charge is 2.20. The normalized spacial score (nSPS) is 11.5. The number of carbonyl (C=O) groups is 1. The van der Waals surface area contributed by atoms with Crippen LogP contribution in [0.5, 0.6) is 5.75 Å². The number of nitrogens with zero attached hydrogens (tertiary/aromatic N) is 1. The summed E-state index contributed by atoms with van der Waals surface area (Å²) in [6.07, 6.45) is 0.455. The summed E-state index contributed by atoms with van der Waals surface area (Å²) in [5, 5.41) is 0. The first kappa shape index (κ1) is 15.5. The molecule has 0 saturated carbocycles. The van der Waals surface area contributed by atoms with E-state index in [0.717, 1.165) is 11.4 Å². The molecule has 0 saturated heterocycles. The Labute approximate surface area is 115 Å². The molecule has 0 heterocycles. The maximum atomic E-state index is 12.0. The lowest BCUT2D eigenvalue weighted by molar-refractivity contribution is -0.119. The molecule has 19 heavy (non-hydrogen) atoms. The van der Waals surface area contributed by atoms with Crippen LogP contribution in [0.2, 0.25) is 0 Å². The maximum absolute atomic E-state index is 12.0. The molecule has 1 rings (SSSR count). The average Bonchev–Trinajstić information content (AvgIpc) is 2.26. The number of benzene rings is 1. The summed E-state index contributed by atoms with van der Waals surface area (Å²) in [6.45, 7) is 7.65. The van der Waals surface area contributed by atoms with Gasteiger partial charge < -0.3 is 15.4 Å². The third-order valence-corrected chi connectivity index (χ3v) is 2.58. The molecule has 0 spiro atoms. The summed E-state index contributed by atoms with van der Waals surface area (Å²) in [5.74, 6) is 0.809. The molecule has 0 fully saturated rings. The van der Waals surface area contributed by atoms with E-state index in [1.54, 1.807) is 11.9 Å². The van der Waals surface area contributed by atoms with Crippen LogP contribution >= 0.6 is 0 Å². The quantitative estimate of drug-likeness (QED) is 0.889. The van der Waals surface area contributed by atoms with Crippen molar-refractivity contribution in [2.24, 2.45) is 5.73 Å². The summed E-state index contributed by atoms with van der Waals surface area (Å²) in [7, 11) is 1.76. The maximum Gasteiger partial charge on any atom is 0.228 e. The molecule has 0 aliphatic carbocycles. The van der Waals surface area contributed by atoms with Crippen molar-refractivity contribution in [1.82, 2.24) is 0 Å². The van der Waals surface area contributed by atoms with E-state index >= 15 is 0 Å². The van der Waals surface area contributed by atoms with Crippen LogP contribution in [0.1, 0.15) is 34.1 Å². The van der Waals surface area contributed by atoms with E-state index in [-0.39, 0.29) is 12.0 Å². The van der Waals surface area contributed by atoms with Gasteiger partial charge in [-0.2, -0.15) is 0 Å². The summed E-state index contributed by atoms with van der Waals surface area (Å²) in [4.78, 5) is 13.7. The van der Waals surface area contributed by atoms with Gasteiger partial charge in [0, 0.05) is 24.7 Å². The van der Waals surface area contributed by atoms with Crippen molar-refractivity contribution in [2.75, 3.05) is 11.9 Å². The third-order valence-electron chi connectivity index (χ3n) is 2.58. The number of ether oxygens (including phenoxy) is 1. The second-order valence-corrected chi connectivity index (χ2v) is 5.78. The predicted molar refractivity (Wildman–Crippen MR) is 78.5 cm³/mol. The highest BCUT2D eigenvalue weighted by molar-refractivity contribution is 5.93. The molecule has 1 amide bonds. The minimum absolute atomic E-state index is 0.00466. The molecule has 0 aromatic heterocycles. The van der Waals surface area contributed by atoms with E-state index in [0.29, 0.717) is 6.42 Å². The van der Waals surface area contributed by atoms with Gasteiger partial charge in [-0.15, -0.1) is 0 Å². The number of nitrogens with two attached hydrogens (primary N) is 1. The average molecular weight is 264 g/mol. The second kappa shape index (κ2) is 6.06. The molecule has 0 aliphatic heterocycles. The molecule has 1 aromatic carbocycles. The number of rotatable bonds is 5. The number of hydrogen-bond donors (Lipinski definition) is 1. The zero-order valence-electron chi connectivity index (χ0n) is 12.4. The largest absolute Gasteiger partial charge is 0.491 e. The first-order chi connectivity index (χ1) is 8.69. The highest BCUT2D eigenvalue weighted by atomic mass is 16.5. The smallest absolute Gasteiger partial charge is 0.228 e. The Bertz CT molecular complexity index is 419. The number of hydrogen-bond acceptors (Lipinski definition) is 3. The molecule has 0 aliphatic rings. The zero-order valence-corrected chi connectivity index (χ0v) is 12.4. The first-order valence-corrected chi connectivity index (χ1v) is 6.51. The van der Waals surface area contributed by atoms with Crippen LogP contribution in [0.25, 0.3) is 0 Å². The summed E-state index contributed by atoms with van der Waals surface area (Å²) < 4.78 is 5.57. The molecule has 0 unspecified atom stereocenters. The zero-order chi connectivity index (χ0) is 14.6. The summed E-state index contributed by atoms with van der Waals surface area (Å²) in [5.41, 5.74) is 6.21. The number of anilines is 1. The first-order valence-electron chi connectivity index (χ1n) is 6.51. The highest BCUT2D eigenvalue weighted by Crippen LogP contribution is 2.20. The lowest BCUT2D eigenvalue weighted by Crippen LogP contribution is -2.39. The topological polar surface area (TPSA) is 55.6 Å². The predicted octanol–water partition coefficient (Wildman–Crippen LogP) is 2.56. The molecule has 0 atom stereocenters. The van der Waals surface area contributed by atoms with E-state index in [4.69, 9.17) is 10.5 Å². The lowest BCUT2D eigenvalue weighted by atomic mass is 10.0. The van der Waals surface area contributed by atoms with E-state index in [1.807, 2.05) is 52.0 Å². The van der Waals surface area contributed by atoms with Gasteiger partial charge in [0.25, 0.3) is 0 Å². The Hall–Kier alpha value is -1.55. The molecule has 0 bridgehead atoms. The van der Waals surface area contributed by atoms with E-state index in [1.165, 1.54) is 0 Å². The Morgan fingerprint density at radius 1 is 1.32 bits per heavy atom. The minimum Gasteiger partial charge on any atom is -0.491 e.